The fourth-order valence-corrected chi connectivity index (χ4v) is 2.41. The van der Waals surface area contributed by atoms with Crippen LogP contribution in [-0.2, 0) is 6.54 Å². The first-order chi connectivity index (χ1) is 7.16. The summed E-state index contributed by atoms with van der Waals surface area (Å²) < 4.78 is 1.17. The second-order valence-corrected chi connectivity index (χ2v) is 5.59. The van der Waals surface area contributed by atoms with E-state index in [-0.39, 0.29) is 0 Å². The number of benzene rings is 1. The van der Waals surface area contributed by atoms with Crippen molar-refractivity contribution >= 4 is 15.9 Å². The van der Waals surface area contributed by atoms with Crippen LogP contribution in [0.25, 0.3) is 0 Å². The zero-order chi connectivity index (χ0) is 10.8. The van der Waals surface area contributed by atoms with Gasteiger partial charge < -0.3 is 5.32 Å². The molecular formula is C13H18BrN. The highest BCUT2D eigenvalue weighted by molar-refractivity contribution is 9.10. The average Bonchev–Trinajstić information content (AvgIpc) is 2.86. The van der Waals surface area contributed by atoms with Crippen molar-refractivity contribution in [1.82, 2.24) is 5.32 Å². The van der Waals surface area contributed by atoms with E-state index in [0.29, 0.717) is 0 Å². The Balaban J connectivity index is 1.82. The molecule has 1 aromatic rings. The first-order valence-electron chi connectivity index (χ1n) is 5.62. The van der Waals surface area contributed by atoms with Crippen LogP contribution in [0.4, 0.5) is 0 Å². The molecule has 1 N–H and O–H groups in total. The van der Waals surface area contributed by atoms with Gasteiger partial charge in [-0.05, 0) is 55.0 Å². The highest BCUT2D eigenvalue weighted by Crippen LogP contribution is 2.36. The number of hydrogen-bond acceptors (Lipinski definition) is 1. The molecule has 1 aromatic carbocycles. The van der Waals surface area contributed by atoms with E-state index in [1.807, 2.05) is 0 Å². The SMILES string of the molecule is Cc1cc(Br)ccc1CNCC1CC1C. The van der Waals surface area contributed by atoms with Crippen LogP contribution in [0, 0.1) is 18.8 Å². The van der Waals surface area contributed by atoms with Crippen molar-refractivity contribution in [2.75, 3.05) is 6.54 Å². The lowest BCUT2D eigenvalue weighted by Crippen LogP contribution is -2.17. The third-order valence-corrected chi connectivity index (χ3v) is 3.80. The van der Waals surface area contributed by atoms with Crippen LogP contribution in [0.3, 0.4) is 0 Å². The Hall–Kier alpha value is -0.340. The highest BCUT2D eigenvalue weighted by atomic mass is 79.9. The van der Waals surface area contributed by atoms with Gasteiger partial charge in [0, 0.05) is 11.0 Å². The van der Waals surface area contributed by atoms with E-state index in [2.05, 4.69) is 53.3 Å². The summed E-state index contributed by atoms with van der Waals surface area (Å²) in [5.74, 6) is 1.88. The molecule has 0 aromatic heterocycles. The van der Waals surface area contributed by atoms with Crippen molar-refractivity contribution < 1.29 is 0 Å². The molecule has 82 valence electrons. The van der Waals surface area contributed by atoms with E-state index in [1.165, 1.54) is 28.6 Å². The van der Waals surface area contributed by atoms with Crippen LogP contribution in [0.15, 0.2) is 22.7 Å². The van der Waals surface area contributed by atoms with E-state index in [4.69, 9.17) is 0 Å². The predicted molar refractivity (Wildman–Crippen MR) is 67.9 cm³/mol. The van der Waals surface area contributed by atoms with Crippen LogP contribution < -0.4 is 5.32 Å². The maximum absolute atomic E-state index is 3.54. The highest BCUT2D eigenvalue weighted by Gasteiger charge is 2.31. The number of halogens is 1. The normalized spacial score (nSPS) is 24.2. The molecule has 0 saturated heterocycles. The van der Waals surface area contributed by atoms with Crippen molar-refractivity contribution in [1.29, 1.82) is 0 Å². The van der Waals surface area contributed by atoms with Gasteiger partial charge in [-0.3, -0.25) is 0 Å². The Morgan fingerprint density at radius 1 is 1.47 bits per heavy atom. The molecule has 1 fully saturated rings. The van der Waals surface area contributed by atoms with Gasteiger partial charge in [-0.25, -0.2) is 0 Å². The molecule has 0 amide bonds. The summed E-state index contributed by atoms with van der Waals surface area (Å²) in [6.45, 7) is 6.68. The summed E-state index contributed by atoms with van der Waals surface area (Å²) in [5, 5.41) is 3.54. The number of rotatable bonds is 4. The van der Waals surface area contributed by atoms with Crippen molar-refractivity contribution in [3.63, 3.8) is 0 Å². The molecule has 1 nitrogen and oxygen atoms in total. The van der Waals surface area contributed by atoms with Gasteiger partial charge in [0.05, 0.1) is 0 Å². The Labute approximate surface area is 100 Å². The van der Waals surface area contributed by atoms with Crippen molar-refractivity contribution in [2.45, 2.75) is 26.8 Å². The molecule has 1 aliphatic rings. The van der Waals surface area contributed by atoms with Crippen LogP contribution >= 0.6 is 15.9 Å². The molecule has 2 rings (SSSR count). The first kappa shape index (κ1) is 11.2. The monoisotopic (exact) mass is 267 g/mol. The summed E-state index contributed by atoms with van der Waals surface area (Å²) in [6, 6.07) is 6.49. The van der Waals surface area contributed by atoms with Crippen molar-refractivity contribution in [3.05, 3.63) is 33.8 Å². The lowest BCUT2D eigenvalue weighted by Gasteiger charge is -2.07. The molecule has 2 heteroatoms. The van der Waals surface area contributed by atoms with Crippen LogP contribution in [0.5, 0.6) is 0 Å². The average molecular weight is 268 g/mol. The Morgan fingerprint density at radius 2 is 2.20 bits per heavy atom. The summed E-state index contributed by atoms with van der Waals surface area (Å²) in [4.78, 5) is 0. The maximum atomic E-state index is 3.54. The Kier molecular flexibility index (Phi) is 3.47. The van der Waals surface area contributed by atoms with Gasteiger partial charge in [0.1, 0.15) is 0 Å². The summed E-state index contributed by atoms with van der Waals surface area (Å²) in [6.07, 6.45) is 1.41. The summed E-state index contributed by atoms with van der Waals surface area (Å²) >= 11 is 3.49. The molecule has 2 atom stereocenters. The largest absolute Gasteiger partial charge is 0.312 e. The van der Waals surface area contributed by atoms with Gasteiger partial charge >= 0.3 is 0 Å². The quantitative estimate of drug-likeness (QED) is 0.881. The van der Waals surface area contributed by atoms with Crippen LogP contribution in [-0.4, -0.2) is 6.54 Å². The second kappa shape index (κ2) is 4.67. The molecule has 15 heavy (non-hydrogen) atoms. The topological polar surface area (TPSA) is 12.0 Å². The minimum Gasteiger partial charge on any atom is -0.312 e. The molecule has 0 radical (unpaired) electrons. The fourth-order valence-electron chi connectivity index (χ4n) is 1.93. The predicted octanol–water partition coefficient (Wildman–Crippen LogP) is 3.50. The smallest absolute Gasteiger partial charge is 0.0208 e. The van der Waals surface area contributed by atoms with Gasteiger partial charge in [-0.1, -0.05) is 28.9 Å². The van der Waals surface area contributed by atoms with E-state index in [9.17, 15) is 0 Å². The Bertz CT molecular complexity index is 348. The molecule has 0 spiro atoms. The zero-order valence-electron chi connectivity index (χ0n) is 9.39. The van der Waals surface area contributed by atoms with Gasteiger partial charge in [0.2, 0.25) is 0 Å². The van der Waals surface area contributed by atoms with Crippen molar-refractivity contribution in [3.8, 4) is 0 Å². The van der Waals surface area contributed by atoms with E-state index >= 15 is 0 Å². The number of aryl methyl sites for hydroxylation is 1. The third-order valence-electron chi connectivity index (χ3n) is 3.30. The molecule has 0 bridgehead atoms. The number of hydrogen-bond donors (Lipinski definition) is 1. The lowest BCUT2D eigenvalue weighted by molar-refractivity contribution is 0.610. The van der Waals surface area contributed by atoms with E-state index < -0.39 is 0 Å². The molecule has 1 saturated carbocycles. The molecular weight excluding hydrogens is 250 g/mol. The second-order valence-electron chi connectivity index (χ2n) is 4.67. The summed E-state index contributed by atoms with van der Waals surface area (Å²) in [7, 11) is 0. The van der Waals surface area contributed by atoms with E-state index in [0.717, 1.165) is 18.4 Å². The van der Waals surface area contributed by atoms with Crippen molar-refractivity contribution in [2.24, 2.45) is 11.8 Å². The molecule has 0 aliphatic heterocycles. The van der Waals surface area contributed by atoms with Crippen LogP contribution in [0.2, 0.25) is 0 Å². The van der Waals surface area contributed by atoms with Gasteiger partial charge in [0.25, 0.3) is 0 Å². The van der Waals surface area contributed by atoms with Crippen LogP contribution in [0.1, 0.15) is 24.5 Å². The zero-order valence-corrected chi connectivity index (χ0v) is 11.0. The number of nitrogens with one attached hydrogen (secondary N) is 1. The maximum Gasteiger partial charge on any atom is 0.0208 e. The van der Waals surface area contributed by atoms with E-state index in [1.54, 1.807) is 0 Å². The molecule has 2 unspecified atom stereocenters. The molecule has 1 aliphatic carbocycles. The summed E-state index contributed by atoms with van der Waals surface area (Å²) in [5.41, 5.74) is 2.77. The Morgan fingerprint density at radius 3 is 2.80 bits per heavy atom. The minimum absolute atomic E-state index is 0.931. The van der Waals surface area contributed by atoms with Gasteiger partial charge in [-0.15, -0.1) is 0 Å². The first-order valence-corrected chi connectivity index (χ1v) is 6.42. The molecule has 0 heterocycles. The fraction of sp³-hybridized carbons (Fsp3) is 0.538. The van der Waals surface area contributed by atoms with Gasteiger partial charge in [0.15, 0.2) is 0 Å². The lowest BCUT2D eigenvalue weighted by atomic mass is 10.1. The third kappa shape index (κ3) is 3.05. The minimum atomic E-state index is 0.931. The standard InChI is InChI=1S/C13H18BrN/c1-9-5-12(9)8-15-7-11-3-4-13(14)6-10(11)2/h3-4,6,9,12,15H,5,7-8H2,1-2H3. The van der Waals surface area contributed by atoms with Gasteiger partial charge in [-0.2, -0.15) is 0 Å².